The van der Waals surface area contributed by atoms with Gasteiger partial charge in [0.15, 0.2) is 28.4 Å². The molecule has 0 saturated heterocycles. The lowest BCUT2D eigenvalue weighted by atomic mass is 10.3. The first-order valence-electron chi connectivity index (χ1n) is 7.80. The standard InChI is InChI=1S/C10H26NOSi.C2F6NO4S2/c1-7-11(2,3)9-8-10-12-13(4,5)6;3-1(4,5)14(10,11)9-15(12,13)2(6,7)8/h7-10H2,1-6H3;/q+1;-1. The van der Waals surface area contributed by atoms with Crippen LogP contribution < -0.4 is 0 Å². The first kappa shape index (κ1) is 29.8. The molecule has 0 spiro atoms. The van der Waals surface area contributed by atoms with Crippen LogP contribution in [0.15, 0.2) is 0 Å². The largest absolute Gasteiger partial charge is 0.480 e. The Labute approximate surface area is 162 Å². The topological polar surface area (TPSA) is 91.6 Å². The van der Waals surface area contributed by atoms with Crippen molar-refractivity contribution in [2.75, 3.05) is 33.8 Å². The van der Waals surface area contributed by atoms with Crippen molar-refractivity contribution >= 4 is 28.4 Å². The second-order valence-corrected chi connectivity index (χ2v) is 15.1. The summed E-state index contributed by atoms with van der Waals surface area (Å²) in [6.07, 6.45) is 1.19. The molecule has 0 unspecified atom stereocenters. The Morgan fingerprint density at radius 2 is 1.25 bits per heavy atom. The minimum Gasteiger partial charge on any atom is -0.421 e. The maximum atomic E-state index is 11.4. The highest BCUT2D eigenvalue weighted by atomic mass is 32.3. The first-order chi connectivity index (χ1) is 12.0. The zero-order valence-corrected chi connectivity index (χ0v) is 19.0. The van der Waals surface area contributed by atoms with Crippen LogP contribution in [0.2, 0.25) is 19.6 Å². The summed E-state index contributed by atoms with van der Waals surface area (Å²) >= 11 is 0. The van der Waals surface area contributed by atoms with Crippen LogP contribution in [0, 0.1) is 0 Å². The fraction of sp³-hybridized carbons (Fsp3) is 1.00. The van der Waals surface area contributed by atoms with Crippen molar-refractivity contribution in [1.82, 2.24) is 0 Å². The Bertz CT molecular complexity index is 643. The molecular weight excluding hydrogens is 458 g/mol. The predicted octanol–water partition coefficient (Wildman–Crippen LogP) is 3.38. The fourth-order valence-electron chi connectivity index (χ4n) is 1.24. The lowest BCUT2D eigenvalue weighted by molar-refractivity contribution is -0.888. The summed E-state index contributed by atoms with van der Waals surface area (Å²) in [5, 5.41) is 0. The van der Waals surface area contributed by atoms with E-state index in [4.69, 9.17) is 4.43 Å². The summed E-state index contributed by atoms with van der Waals surface area (Å²) < 4.78 is 116. The summed E-state index contributed by atoms with van der Waals surface area (Å²) in [5.41, 5.74) is -12.4. The van der Waals surface area contributed by atoms with Crippen LogP contribution in [0.1, 0.15) is 13.3 Å². The van der Waals surface area contributed by atoms with E-state index in [2.05, 4.69) is 40.7 Å². The molecule has 0 amide bonds. The normalized spacial score (nSPS) is 14.4. The Kier molecular flexibility index (Phi) is 10.7. The van der Waals surface area contributed by atoms with Gasteiger partial charge in [0.1, 0.15) is 0 Å². The molecule has 0 heterocycles. The van der Waals surface area contributed by atoms with Crippen LogP contribution in [0.5, 0.6) is 0 Å². The van der Waals surface area contributed by atoms with Gasteiger partial charge in [-0.2, -0.15) is 26.3 Å². The SMILES string of the molecule is CC[N+](C)(C)CCCO[Si](C)(C)C.O=S(=O)([N-]S(=O)(=O)C(F)(F)F)C(F)(F)F. The second kappa shape index (κ2) is 10.1. The summed E-state index contributed by atoms with van der Waals surface area (Å²) in [4.78, 5) is 0. The van der Waals surface area contributed by atoms with E-state index in [1.54, 1.807) is 0 Å². The van der Waals surface area contributed by atoms with Crippen LogP contribution in [-0.4, -0.2) is 74.4 Å². The predicted molar refractivity (Wildman–Crippen MR) is 94.7 cm³/mol. The van der Waals surface area contributed by atoms with Crippen molar-refractivity contribution < 1.29 is 52.1 Å². The van der Waals surface area contributed by atoms with Gasteiger partial charge < -0.3 is 13.0 Å². The summed E-state index contributed by atoms with van der Waals surface area (Å²) in [6, 6.07) is 0. The number of hydrogen-bond donors (Lipinski definition) is 0. The molecule has 0 aromatic rings. The molecule has 0 bridgehead atoms. The molecule has 172 valence electrons. The molecule has 0 aromatic heterocycles. The highest BCUT2D eigenvalue weighted by Gasteiger charge is 2.46. The molecule has 0 rings (SSSR count). The van der Waals surface area contributed by atoms with E-state index in [1.807, 2.05) is 0 Å². The molecule has 0 aliphatic rings. The average molecular weight is 485 g/mol. The van der Waals surface area contributed by atoms with Gasteiger partial charge in [0, 0.05) is 13.0 Å². The van der Waals surface area contributed by atoms with Crippen molar-refractivity contribution in [2.24, 2.45) is 0 Å². The van der Waals surface area contributed by atoms with Gasteiger partial charge in [0.25, 0.3) is 0 Å². The molecule has 28 heavy (non-hydrogen) atoms. The fourth-order valence-corrected chi connectivity index (χ4v) is 3.71. The molecule has 7 nitrogen and oxygen atoms in total. The van der Waals surface area contributed by atoms with Gasteiger partial charge in [0.05, 0.1) is 27.2 Å². The van der Waals surface area contributed by atoms with Gasteiger partial charge in [-0.05, 0) is 26.6 Å². The average Bonchev–Trinajstić information content (AvgIpc) is 2.40. The van der Waals surface area contributed by atoms with Crippen LogP contribution in [-0.2, 0) is 24.5 Å². The molecule has 0 radical (unpaired) electrons. The Morgan fingerprint density at radius 3 is 1.50 bits per heavy atom. The lowest BCUT2D eigenvalue weighted by Crippen LogP contribution is -2.40. The van der Waals surface area contributed by atoms with E-state index < -0.39 is 39.4 Å². The van der Waals surface area contributed by atoms with Crippen molar-refractivity contribution in [2.45, 2.75) is 44.0 Å². The molecule has 0 saturated carbocycles. The van der Waals surface area contributed by atoms with Crippen molar-refractivity contribution in [1.29, 1.82) is 0 Å². The monoisotopic (exact) mass is 484 g/mol. The van der Waals surface area contributed by atoms with Gasteiger partial charge in [-0.3, -0.25) is 0 Å². The second-order valence-electron chi connectivity index (χ2n) is 7.21. The third-order valence-electron chi connectivity index (χ3n) is 3.08. The molecule has 0 aliphatic carbocycles. The smallest absolute Gasteiger partial charge is 0.421 e. The van der Waals surface area contributed by atoms with E-state index in [-0.39, 0.29) is 0 Å². The van der Waals surface area contributed by atoms with Crippen LogP contribution in [0.25, 0.3) is 4.13 Å². The van der Waals surface area contributed by atoms with Crippen molar-refractivity contribution in [3.05, 3.63) is 4.13 Å². The van der Waals surface area contributed by atoms with Crippen molar-refractivity contribution in [3.8, 4) is 0 Å². The summed E-state index contributed by atoms with van der Waals surface area (Å²) in [6.45, 7) is 12.3. The minimum absolute atomic E-state index is 0.778. The van der Waals surface area contributed by atoms with E-state index in [1.165, 1.54) is 19.5 Å². The first-order valence-corrected chi connectivity index (χ1v) is 14.1. The number of alkyl halides is 6. The highest BCUT2D eigenvalue weighted by molar-refractivity contribution is 8.13. The number of nitrogens with zero attached hydrogens (tertiary/aromatic N) is 2. The molecular formula is C12H26F6N2O5S2Si. The number of halogens is 6. The Hall–Kier alpha value is -0.423. The zero-order chi connectivity index (χ0) is 23.2. The zero-order valence-electron chi connectivity index (χ0n) is 16.3. The molecule has 0 aromatic carbocycles. The van der Waals surface area contributed by atoms with Gasteiger partial charge >= 0.3 is 11.0 Å². The quantitative estimate of drug-likeness (QED) is 0.228. The third kappa shape index (κ3) is 12.2. The van der Waals surface area contributed by atoms with E-state index in [9.17, 15) is 43.2 Å². The maximum Gasteiger partial charge on any atom is 0.480 e. The number of quaternary nitrogens is 1. The summed E-state index contributed by atoms with van der Waals surface area (Å²) in [7, 11) is -10.2. The molecule has 0 aliphatic heterocycles. The number of sulfonamides is 2. The highest BCUT2D eigenvalue weighted by Crippen LogP contribution is 2.36. The van der Waals surface area contributed by atoms with Gasteiger partial charge in [-0.25, -0.2) is 16.8 Å². The van der Waals surface area contributed by atoms with Gasteiger partial charge in [-0.15, -0.1) is 0 Å². The Balaban J connectivity index is 0. The van der Waals surface area contributed by atoms with Gasteiger partial charge in [0.2, 0.25) is 0 Å². The molecule has 0 N–H and O–H groups in total. The number of rotatable bonds is 8. The molecule has 0 atom stereocenters. The maximum absolute atomic E-state index is 11.4. The minimum atomic E-state index is -6.72. The Morgan fingerprint density at radius 1 is 0.893 bits per heavy atom. The molecule has 16 heteroatoms. The van der Waals surface area contributed by atoms with E-state index in [0.717, 1.165) is 15.2 Å². The number of hydrogen-bond acceptors (Lipinski definition) is 5. The van der Waals surface area contributed by atoms with Crippen LogP contribution in [0.3, 0.4) is 0 Å². The van der Waals surface area contributed by atoms with Crippen LogP contribution in [0.4, 0.5) is 26.3 Å². The van der Waals surface area contributed by atoms with Gasteiger partial charge in [-0.1, -0.05) is 0 Å². The third-order valence-corrected chi connectivity index (χ3v) is 6.89. The van der Waals surface area contributed by atoms with Crippen molar-refractivity contribution in [3.63, 3.8) is 0 Å². The van der Waals surface area contributed by atoms with E-state index >= 15 is 0 Å². The van der Waals surface area contributed by atoms with E-state index in [0.29, 0.717) is 0 Å². The summed E-state index contributed by atoms with van der Waals surface area (Å²) in [5.74, 6) is 0. The van der Waals surface area contributed by atoms with Crippen LogP contribution >= 0.6 is 0 Å². The lowest BCUT2D eigenvalue weighted by Gasteiger charge is -2.28. The molecule has 0 fully saturated rings.